The van der Waals surface area contributed by atoms with E-state index in [0.29, 0.717) is 10.4 Å². The highest BCUT2D eigenvalue weighted by Gasteiger charge is 2.27. The predicted molar refractivity (Wildman–Crippen MR) is 75.4 cm³/mol. The van der Waals surface area contributed by atoms with Crippen molar-refractivity contribution < 1.29 is 9.59 Å². The van der Waals surface area contributed by atoms with Gasteiger partial charge in [-0.3, -0.25) is 9.59 Å². The Balaban J connectivity index is 2.15. The second kappa shape index (κ2) is 6.16. The highest BCUT2D eigenvalue weighted by atomic mass is 32.1. The lowest BCUT2D eigenvalue weighted by Crippen LogP contribution is -2.41. The third kappa shape index (κ3) is 3.13. The fraction of sp³-hybridized carbons (Fsp3) is 0.538. The van der Waals surface area contributed by atoms with Crippen LogP contribution in [0.5, 0.6) is 0 Å². The van der Waals surface area contributed by atoms with Crippen LogP contribution in [0.3, 0.4) is 0 Å². The molecule has 0 aromatic carbocycles. The van der Waals surface area contributed by atoms with E-state index in [1.165, 1.54) is 11.3 Å². The lowest BCUT2D eigenvalue weighted by atomic mass is 10.2. The fourth-order valence-electron chi connectivity index (χ4n) is 2.32. The third-order valence-electron chi connectivity index (χ3n) is 3.30. The molecule has 1 aliphatic rings. The lowest BCUT2D eigenvalue weighted by molar-refractivity contribution is 0.0697. The molecule has 1 saturated heterocycles. The minimum Gasteiger partial charge on any atom is -0.366 e. The quantitative estimate of drug-likeness (QED) is 0.847. The summed E-state index contributed by atoms with van der Waals surface area (Å²) in [6.45, 7) is 4.61. The van der Waals surface area contributed by atoms with Crippen LogP contribution in [0.1, 0.15) is 39.8 Å². The Bertz CT molecular complexity index is 466. The molecule has 1 unspecified atom stereocenters. The molecule has 0 radical (unpaired) electrons. The summed E-state index contributed by atoms with van der Waals surface area (Å²) in [6, 6.07) is 1.85. The number of thiophene rings is 1. The van der Waals surface area contributed by atoms with Gasteiger partial charge >= 0.3 is 0 Å². The van der Waals surface area contributed by atoms with Crippen molar-refractivity contribution in [3.8, 4) is 0 Å². The van der Waals surface area contributed by atoms with E-state index in [0.717, 1.165) is 32.5 Å². The van der Waals surface area contributed by atoms with Crippen LogP contribution >= 0.6 is 11.3 Å². The maximum Gasteiger partial charge on any atom is 0.264 e. The number of primary amides is 1. The van der Waals surface area contributed by atoms with Crippen LogP contribution in [0.15, 0.2) is 11.4 Å². The Morgan fingerprint density at radius 1 is 1.58 bits per heavy atom. The zero-order valence-electron chi connectivity index (χ0n) is 11.0. The van der Waals surface area contributed by atoms with Gasteiger partial charge in [-0.15, -0.1) is 11.3 Å². The van der Waals surface area contributed by atoms with Crippen molar-refractivity contribution in [3.05, 3.63) is 21.9 Å². The molecule has 2 amide bonds. The van der Waals surface area contributed by atoms with Crippen molar-refractivity contribution in [2.45, 2.75) is 25.8 Å². The van der Waals surface area contributed by atoms with E-state index in [9.17, 15) is 9.59 Å². The van der Waals surface area contributed by atoms with E-state index in [2.05, 4.69) is 12.2 Å². The van der Waals surface area contributed by atoms with Crippen LogP contribution in [-0.4, -0.2) is 42.4 Å². The molecule has 0 bridgehead atoms. The van der Waals surface area contributed by atoms with E-state index in [-0.39, 0.29) is 11.9 Å². The first-order valence-electron chi connectivity index (χ1n) is 6.53. The average molecular weight is 281 g/mol. The van der Waals surface area contributed by atoms with Crippen molar-refractivity contribution in [2.24, 2.45) is 5.73 Å². The summed E-state index contributed by atoms with van der Waals surface area (Å²) in [5.41, 5.74) is 5.63. The third-order valence-corrected chi connectivity index (χ3v) is 4.21. The van der Waals surface area contributed by atoms with E-state index in [4.69, 9.17) is 5.73 Å². The molecular weight excluding hydrogens is 262 g/mol. The minimum atomic E-state index is -0.486. The normalized spacial score (nSPS) is 18.5. The van der Waals surface area contributed by atoms with E-state index in [1.54, 1.807) is 11.4 Å². The summed E-state index contributed by atoms with van der Waals surface area (Å²) in [7, 11) is 0. The Morgan fingerprint density at radius 3 is 2.89 bits per heavy atom. The number of nitrogens with zero attached hydrogens (tertiary/aromatic N) is 1. The molecule has 1 fully saturated rings. The van der Waals surface area contributed by atoms with Crippen molar-refractivity contribution in [3.63, 3.8) is 0 Å². The standard InChI is InChI=1S/C13H19N3O2S/c1-2-5-16(10-3-4-15-7-10)13(18)11-6-9(8-19-11)12(14)17/h6,8,10,15H,2-5,7H2,1H3,(H2,14,17). The van der Waals surface area contributed by atoms with Gasteiger partial charge in [-0.25, -0.2) is 0 Å². The summed E-state index contributed by atoms with van der Waals surface area (Å²) in [6.07, 6.45) is 1.91. The lowest BCUT2D eigenvalue weighted by Gasteiger charge is -2.27. The number of nitrogens with one attached hydrogen (secondary N) is 1. The van der Waals surface area contributed by atoms with Gasteiger partial charge in [0.05, 0.1) is 10.4 Å². The zero-order valence-corrected chi connectivity index (χ0v) is 11.8. The minimum absolute atomic E-state index is 0.00745. The Labute approximate surface area is 116 Å². The van der Waals surface area contributed by atoms with E-state index in [1.807, 2.05) is 4.90 Å². The second-order valence-corrected chi connectivity index (χ2v) is 5.62. The molecule has 2 rings (SSSR count). The summed E-state index contributed by atoms with van der Waals surface area (Å²) < 4.78 is 0. The number of hydrogen-bond acceptors (Lipinski definition) is 4. The molecule has 1 aromatic heterocycles. The summed E-state index contributed by atoms with van der Waals surface area (Å²) >= 11 is 1.29. The second-order valence-electron chi connectivity index (χ2n) is 4.71. The average Bonchev–Trinajstić information content (AvgIpc) is 3.05. The first-order chi connectivity index (χ1) is 9.13. The first-order valence-corrected chi connectivity index (χ1v) is 7.41. The molecule has 104 valence electrons. The molecule has 1 aliphatic heterocycles. The SMILES string of the molecule is CCCN(C(=O)c1cc(C(N)=O)cs1)C1CCNC1. The van der Waals surface area contributed by atoms with Crippen LogP contribution in [0.2, 0.25) is 0 Å². The number of amides is 2. The van der Waals surface area contributed by atoms with Gasteiger partial charge in [0.25, 0.3) is 5.91 Å². The highest BCUT2D eigenvalue weighted by molar-refractivity contribution is 7.12. The van der Waals surface area contributed by atoms with Crippen LogP contribution in [0.4, 0.5) is 0 Å². The monoisotopic (exact) mass is 281 g/mol. The van der Waals surface area contributed by atoms with Crippen LogP contribution in [0, 0.1) is 0 Å². The first kappa shape index (κ1) is 14.0. The maximum absolute atomic E-state index is 12.5. The summed E-state index contributed by atoms with van der Waals surface area (Å²) in [5.74, 6) is -0.479. The van der Waals surface area contributed by atoms with Crippen molar-refractivity contribution in [1.82, 2.24) is 10.2 Å². The number of nitrogens with two attached hydrogens (primary N) is 1. The smallest absolute Gasteiger partial charge is 0.264 e. The largest absolute Gasteiger partial charge is 0.366 e. The topological polar surface area (TPSA) is 75.4 Å². The number of rotatable bonds is 5. The van der Waals surface area contributed by atoms with Gasteiger partial charge in [-0.2, -0.15) is 0 Å². The molecule has 2 heterocycles. The van der Waals surface area contributed by atoms with Crippen LogP contribution < -0.4 is 11.1 Å². The van der Waals surface area contributed by atoms with Gasteiger partial charge < -0.3 is 16.0 Å². The molecule has 3 N–H and O–H groups in total. The van der Waals surface area contributed by atoms with E-state index < -0.39 is 5.91 Å². The molecule has 6 heteroatoms. The number of carbonyl (C=O) groups excluding carboxylic acids is 2. The Kier molecular flexibility index (Phi) is 4.55. The van der Waals surface area contributed by atoms with Crippen molar-refractivity contribution in [2.75, 3.05) is 19.6 Å². The van der Waals surface area contributed by atoms with Crippen molar-refractivity contribution >= 4 is 23.2 Å². The van der Waals surface area contributed by atoms with Gasteiger partial charge in [-0.1, -0.05) is 6.92 Å². The van der Waals surface area contributed by atoms with Gasteiger partial charge in [0.1, 0.15) is 0 Å². The molecule has 0 aliphatic carbocycles. The van der Waals surface area contributed by atoms with Gasteiger partial charge in [0.15, 0.2) is 0 Å². The molecule has 0 saturated carbocycles. The molecule has 0 spiro atoms. The predicted octanol–water partition coefficient (Wildman–Crippen LogP) is 1.06. The molecule has 19 heavy (non-hydrogen) atoms. The van der Waals surface area contributed by atoms with Gasteiger partial charge in [-0.05, 0) is 25.5 Å². The van der Waals surface area contributed by atoms with Gasteiger partial charge in [0.2, 0.25) is 5.91 Å². The van der Waals surface area contributed by atoms with Crippen LogP contribution in [0.25, 0.3) is 0 Å². The molecule has 5 nitrogen and oxygen atoms in total. The molecule has 1 atom stereocenters. The summed E-state index contributed by atoms with van der Waals surface area (Å²) in [4.78, 5) is 26.1. The Hall–Kier alpha value is -1.40. The van der Waals surface area contributed by atoms with Crippen molar-refractivity contribution in [1.29, 1.82) is 0 Å². The number of hydrogen-bond donors (Lipinski definition) is 2. The van der Waals surface area contributed by atoms with E-state index >= 15 is 0 Å². The fourth-order valence-corrected chi connectivity index (χ4v) is 3.17. The highest BCUT2D eigenvalue weighted by Crippen LogP contribution is 2.20. The zero-order chi connectivity index (χ0) is 13.8. The number of carbonyl (C=O) groups is 2. The van der Waals surface area contributed by atoms with Gasteiger partial charge in [0, 0.05) is 24.5 Å². The van der Waals surface area contributed by atoms with Crippen LogP contribution in [-0.2, 0) is 0 Å². The molecule has 1 aromatic rings. The summed E-state index contributed by atoms with van der Waals surface area (Å²) in [5, 5.41) is 4.92. The Morgan fingerprint density at radius 2 is 2.37 bits per heavy atom. The maximum atomic E-state index is 12.5. The molecular formula is C13H19N3O2S.